The molecule has 2 amide bonds. The Kier molecular flexibility index (Phi) is 7.27. The van der Waals surface area contributed by atoms with Crippen molar-refractivity contribution in [3.8, 4) is 17.2 Å². The lowest BCUT2D eigenvalue weighted by molar-refractivity contribution is 0.0843. The van der Waals surface area contributed by atoms with Gasteiger partial charge in [0.15, 0.2) is 0 Å². The highest BCUT2D eigenvalue weighted by molar-refractivity contribution is 6.00. The van der Waals surface area contributed by atoms with Crippen molar-refractivity contribution in [1.29, 1.82) is 0 Å². The maximum atomic E-state index is 12.5. The zero-order valence-electron chi connectivity index (χ0n) is 16.5. The summed E-state index contributed by atoms with van der Waals surface area (Å²) in [7, 11) is 1.51. The number of ether oxygens (including phenoxy) is 3. The minimum atomic E-state index is -0.495. The molecule has 30 heavy (non-hydrogen) atoms. The number of hydrogen-bond donors (Lipinski definition) is 2. The normalized spacial score (nSPS) is 10.0. The molecule has 0 aromatic heterocycles. The molecule has 2 N–H and O–H groups in total. The fourth-order valence-electron chi connectivity index (χ4n) is 2.63. The van der Waals surface area contributed by atoms with E-state index in [1.807, 2.05) is 30.3 Å². The van der Waals surface area contributed by atoms with E-state index < -0.39 is 11.8 Å². The zero-order valence-corrected chi connectivity index (χ0v) is 16.5. The SMILES string of the molecule is COc1cccc(C(=O)NNC(=O)c2ccccc2OCCOc2ccccc2)c1. The van der Waals surface area contributed by atoms with E-state index in [1.54, 1.807) is 48.5 Å². The molecule has 0 aliphatic heterocycles. The third-order valence-electron chi connectivity index (χ3n) is 4.11. The van der Waals surface area contributed by atoms with E-state index in [9.17, 15) is 9.59 Å². The molecule has 154 valence electrons. The topological polar surface area (TPSA) is 85.9 Å². The Morgan fingerprint density at radius 2 is 1.40 bits per heavy atom. The van der Waals surface area contributed by atoms with Crippen molar-refractivity contribution in [2.24, 2.45) is 0 Å². The Labute approximate surface area is 174 Å². The van der Waals surface area contributed by atoms with Gasteiger partial charge in [0, 0.05) is 5.56 Å². The van der Waals surface area contributed by atoms with Crippen LogP contribution in [0.2, 0.25) is 0 Å². The molecule has 0 spiro atoms. The molecule has 0 radical (unpaired) electrons. The molecule has 0 heterocycles. The van der Waals surface area contributed by atoms with Crippen LogP contribution in [-0.2, 0) is 0 Å². The summed E-state index contributed by atoms with van der Waals surface area (Å²) in [5.41, 5.74) is 5.44. The first-order chi connectivity index (χ1) is 14.7. The maximum absolute atomic E-state index is 12.5. The molecule has 0 unspecified atom stereocenters. The number of carbonyl (C=O) groups is 2. The quantitative estimate of drug-likeness (QED) is 0.443. The molecule has 3 aromatic rings. The summed E-state index contributed by atoms with van der Waals surface area (Å²) in [6.45, 7) is 0.585. The number of nitrogens with one attached hydrogen (secondary N) is 2. The van der Waals surface area contributed by atoms with Gasteiger partial charge >= 0.3 is 0 Å². The number of hydrogen-bond acceptors (Lipinski definition) is 5. The summed E-state index contributed by atoms with van der Waals surface area (Å²) in [6, 6.07) is 22.8. The van der Waals surface area contributed by atoms with E-state index >= 15 is 0 Å². The lowest BCUT2D eigenvalue weighted by Crippen LogP contribution is -2.41. The second-order valence-corrected chi connectivity index (χ2v) is 6.15. The van der Waals surface area contributed by atoms with Gasteiger partial charge in [-0.05, 0) is 42.5 Å². The molecule has 0 fully saturated rings. The van der Waals surface area contributed by atoms with Gasteiger partial charge in [0.2, 0.25) is 0 Å². The first kappa shape index (κ1) is 20.7. The molecule has 3 aromatic carbocycles. The van der Waals surface area contributed by atoms with Crippen LogP contribution >= 0.6 is 0 Å². The van der Waals surface area contributed by atoms with E-state index in [0.717, 1.165) is 5.75 Å². The van der Waals surface area contributed by atoms with Crippen molar-refractivity contribution in [1.82, 2.24) is 10.9 Å². The third-order valence-corrected chi connectivity index (χ3v) is 4.11. The molecule has 0 saturated carbocycles. The minimum absolute atomic E-state index is 0.259. The van der Waals surface area contributed by atoms with Gasteiger partial charge in [-0.1, -0.05) is 36.4 Å². The Bertz CT molecular complexity index is 992. The van der Waals surface area contributed by atoms with Crippen LogP contribution in [0, 0.1) is 0 Å². The van der Waals surface area contributed by atoms with Crippen LogP contribution in [0.3, 0.4) is 0 Å². The van der Waals surface area contributed by atoms with Gasteiger partial charge in [-0.25, -0.2) is 0 Å². The van der Waals surface area contributed by atoms with Gasteiger partial charge in [-0.2, -0.15) is 0 Å². The predicted octanol–water partition coefficient (Wildman–Crippen LogP) is 3.23. The number of hydrazine groups is 1. The molecular weight excluding hydrogens is 384 g/mol. The highest BCUT2D eigenvalue weighted by Crippen LogP contribution is 2.18. The summed E-state index contributed by atoms with van der Waals surface area (Å²) in [5, 5.41) is 0. The number of amides is 2. The average molecular weight is 406 g/mol. The molecule has 0 aliphatic rings. The van der Waals surface area contributed by atoms with Gasteiger partial charge in [0.1, 0.15) is 30.5 Å². The standard InChI is InChI=1S/C23H22N2O5/c1-28-19-11-7-8-17(16-19)22(26)24-25-23(27)20-12-5-6-13-21(20)30-15-14-29-18-9-3-2-4-10-18/h2-13,16H,14-15H2,1H3,(H,24,26)(H,25,27). The smallest absolute Gasteiger partial charge is 0.273 e. The molecule has 0 bridgehead atoms. The largest absolute Gasteiger partial charge is 0.497 e. The summed E-state index contributed by atoms with van der Waals surface area (Å²) in [6.07, 6.45) is 0. The van der Waals surface area contributed by atoms with Crippen molar-refractivity contribution in [2.45, 2.75) is 0 Å². The van der Waals surface area contributed by atoms with Gasteiger partial charge in [0.05, 0.1) is 12.7 Å². The molecule has 0 saturated heterocycles. The highest BCUT2D eigenvalue weighted by atomic mass is 16.5. The first-order valence-corrected chi connectivity index (χ1v) is 9.32. The average Bonchev–Trinajstić information content (AvgIpc) is 2.81. The lowest BCUT2D eigenvalue weighted by atomic mass is 10.2. The number of methoxy groups -OCH3 is 1. The minimum Gasteiger partial charge on any atom is -0.497 e. The van der Waals surface area contributed by atoms with Crippen molar-refractivity contribution in [2.75, 3.05) is 20.3 Å². The summed E-state index contributed by atoms with van der Waals surface area (Å²) < 4.78 is 16.4. The van der Waals surface area contributed by atoms with Crippen LogP contribution in [0.25, 0.3) is 0 Å². The monoisotopic (exact) mass is 406 g/mol. The zero-order chi connectivity index (χ0) is 21.2. The molecule has 0 aliphatic carbocycles. The Morgan fingerprint density at radius 3 is 2.20 bits per heavy atom. The molecule has 3 rings (SSSR count). The van der Waals surface area contributed by atoms with E-state index in [0.29, 0.717) is 29.2 Å². The van der Waals surface area contributed by atoms with E-state index in [-0.39, 0.29) is 6.61 Å². The summed E-state index contributed by atoms with van der Waals surface area (Å²) in [4.78, 5) is 24.8. The van der Waals surface area contributed by atoms with E-state index in [2.05, 4.69) is 10.9 Å². The second kappa shape index (κ2) is 10.5. The van der Waals surface area contributed by atoms with Crippen molar-refractivity contribution in [3.05, 3.63) is 90.0 Å². The van der Waals surface area contributed by atoms with E-state index in [4.69, 9.17) is 14.2 Å². The predicted molar refractivity (Wildman–Crippen MR) is 112 cm³/mol. The van der Waals surface area contributed by atoms with Crippen LogP contribution in [-0.4, -0.2) is 32.1 Å². The highest BCUT2D eigenvalue weighted by Gasteiger charge is 2.14. The second-order valence-electron chi connectivity index (χ2n) is 6.15. The van der Waals surface area contributed by atoms with Crippen LogP contribution < -0.4 is 25.1 Å². The number of para-hydroxylation sites is 2. The summed E-state index contributed by atoms with van der Waals surface area (Å²) in [5.74, 6) is 0.725. The third kappa shape index (κ3) is 5.75. The van der Waals surface area contributed by atoms with Crippen molar-refractivity contribution < 1.29 is 23.8 Å². The summed E-state index contributed by atoms with van der Waals surface area (Å²) >= 11 is 0. The lowest BCUT2D eigenvalue weighted by Gasteiger charge is -2.13. The Hall–Kier alpha value is -4.00. The van der Waals surface area contributed by atoms with E-state index in [1.165, 1.54) is 7.11 Å². The molecule has 7 heteroatoms. The molecular formula is C23H22N2O5. The Morgan fingerprint density at radius 1 is 0.733 bits per heavy atom. The maximum Gasteiger partial charge on any atom is 0.273 e. The van der Waals surface area contributed by atoms with Crippen LogP contribution in [0.15, 0.2) is 78.9 Å². The number of carbonyl (C=O) groups excluding carboxylic acids is 2. The van der Waals surface area contributed by atoms with Gasteiger partial charge in [-0.15, -0.1) is 0 Å². The number of benzene rings is 3. The van der Waals surface area contributed by atoms with Crippen LogP contribution in [0.1, 0.15) is 20.7 Å². The fourth-order valence-corrected chi connectivity index (χ4v) is 2.63. The van der Waals surface area contributed by atoms with Crippen LogP contribution in [0.5, 0.6) is 17.2 Å². The fraction of sp³-hybridized carbons (Fsp3) is 0.130. The molecule has 7 nitrogen and oxygen atoms in total. The van der Waals surface area contributed by atoms with Crippen molar-refractivity contribution in [3.63, 3.8) is 0 Å². The Balaban J connectivity index is 1.53. The van der Waals surface area contributed by atoms with Crippen LogP contribution in [0.4, 0.5) is 0 Å². The van der Waals surface area contributed by atoms with Gasteiger partial charge < -0.3 is 14.2 Å². The number of rotatable bonds is 8. The van der Waals surface area contributed by atoms with Crippen molar-refractivity contribution >= 4 is 11.8 Å². The van der Waals surface area contributed by atoms with Gasteiger partial charge in [0.25, 0.3) is 11.8 Å². The van der Waals surface area contributed by atoms with Gasteiger partial charge in [-0.3, -0.25) is 20.4 Å². The first-order valence-electron chi connectivity index (χ1n) is 9.32. The molecule has 0 atom stereocenters.